The van der Waals surface area contributed by atoms with Gasteiger partial charge in [-0.2, -0.15) is 4.98 Å². The molecule has 0 fully saturated rings. The third-order valence-corrected chi connectivity index (χ3v) is 4.97. The Labute approximate surface area is 134 Å². The number of benzene rings is 1. The molecular weight excluding hydrogens is 314 g/mol. The molecule has 3 aromatic rings. The lowest BCUT2D eigenvalue weighted by molar-refractivity contribution is 0.378. The molecule has 0 aliphatic carbocycles. The third kappa shape index (κ3) is 3.81. The SMILES string of the molecule is O=S(=O)(CCCc1nc(-c2ccccc2)no1)c1ccccn1. The lowest BCUT2D eigenvalue weighted by Crippen LogP contribution is -2.09. The van der Waals surface area contributed by atoms with Crippen LogP contribution in [0.25, 0.3) is 11.4 Å². The molecule has 0 N–H and O–H groups in total. The largest absolute Gasteiger partial charge is 0.339 e. The van der Waals surface area contributed by atoms with Gasteiger partial charge in [-0.25, -0.2) is 13.4 Å². The van der Waals surface area contributed by atoms with Gasteiger partial charge in [0.25, 0.3) is 0 Å². The van der Waals surface area contributed by atoms with Gasteiger partial charge in [-0.05, 0) is 18.6 Å². The fourth-order valence-electron chi connectivity index (χ4n) is 2.11. The van der Waals surface area contributed by atoms with E-state index in [2.05, 4.69) is 15.1 Å². The Hall–Kier alpha value is -2.54. The maximum absolute atomic E-state index is 12.1. The summed E-state index contributed by atoms with van der Waals surface area (Å²) in [6.07, 6.45) is 2.28. The average molecular weight is 329 g/mol. The van der Waals surface area contributed by atoms with Crippen molar-refractivity contribution in [3.8, 4) is 11.4 Å². The van der Waals surface area contributed by atoms with Crippen LogP contribution in [0.15, 0.2) is 64.3 Å². The average Bonchev–Trinajstić information content (AvgIpc) is 3.05. The van der Waals surface area contributed by atoms with Gasteiger partial charge < -0.3 is 4.52 Å². The van der Waals surface area contributed by atoms with E-state index in [1.807, 2.05) is 30.3 Å². The van der Waals surface area contributed by atoms with Gasteiger partial charge in [0.05, 0.1) is 5.75 Å². The highest BCUT2D eigenvalue weighted by atomic mass is 32.2. The number of hydrogen-bond donors (Lipinski definition) is 0. The van der Waals surface area contributed by atoms with Crippen molar-refractivity contribution < 1.29 is 12.9 Å². The van der Waals surface area contributed by atoms with Gasteiger partial charge in [0, 0.05) is 18.2 Å². The van der Waals surface area contributed by atoms with Crippen molar-refractivity contribution in [2.75, 3.05) is 5.75 Å². The Kier molecular flexibility index (Phi) is 4.47. The summed E-state index contributed by atoms with van der Waals surface area (Å²) in [6.45, 7) is 0. The molecule has 6 nitrogen and oxygen atoms in total. The lowest BCUT2D eigenvalue weighted by atomic mass is 10.2. The number of sulfone groups is 1. The number of hydrogen-bond acceptors (Lipinski definition) is 6. The molecule has 0 aliphatic heterocycles. The van der Waals surface area contributed by atoms with Gasteiger partial charge in [0.15, 0.2) is 14.9 Å². The Balaban J connectivity index is 1.61. The summed E-state index contributed by atoms with van der Waals surface area (Å²) < 4.78 is 29.4. The highest BCUT2D eigenvalue weighted by Gasteiger charge is 2.16. The van der Waals surface area contributed by atoms with Crippen LogP contribution in [-0.2, 0) is 16.3 Å². The fraction of sp³-hybridized carbons (Fsp3) is 0.188. The highest BCUT2D eigenvalue weighted by Crippen LogP contribution is 2.16. The molecule has 0 saturated carbocycles. The molecule has 3 rings (SSSR count). The van der Waals surface area contributed by atoms with Crippen molar-refractivity contribution in [3.63, 3.8) is 0 Å². The summed E-state index contributed by atoms with van der Waals surface area (Å²) in [4.78, 5) is 8.17. The number of pyridine rings is 1. The van der Waals surface area contributed by atoms with E-state index < -0.39 is 9.84 Å². The first-order valence-corrected chi connectivity index (χ1v) is 8.82. The van der Waals surface area contributed by atoms with Gasteiger partial charge >= 0.3 is 0 Å². The third-order valence-electron chi connectivity index (χ3n) is 3.26. The summed E-state index contributed by atoms with van der Waals surface area (Å²) in [7, 11) is -3.38. The van der Waals surface area contributed by atoms with Crippen molar-refractivity contribution in [3.05, 3.63) is 60.6 Å². The minimum atomic E-state index is -3.38. The van der Waals surface area contributed by atoms with Gasteiger partial charge in [-0.3, -0.25) is 0 Å². The van der Waals surface area contributed by atoms with Crippen LogP contribution in [0.4, 0.5) is 0 Å². The van der Waals surface area contributed by atoms with Crippen molar-refractivity contribution in [2.24, 2.45) is 0 Å². The minimum Gasteiger partial charge on any atom is -0.339 e. The molecule has 2 heterocycles. The normalized spacial score (nSPS) is 11.5. The van der Waals surface area contributed by atoms with Crippen molar-refractivity contribution in [2.45, 2.75) is 17.9 Å². The van der Waals surface area contributed by atoms with E-state index in [4.69, 9.17) is 4.52 Å². The van der Waals surface area contributed by atoms with Crippen LogP contribution >= 0.6 is 0 Å². The van der Waals surface area contributed by atoms with E-state index in [1.54, 1.807) is 12.1 Å². The lowest BCUT2D eigenvalue weighted by Gasteiger charge is -2.01. The van der Waals surface area contributed by atoms with Gasteiger partial charge in [0.2, 0.25) is 11.7 Å². The van der Waals surface area contributed by atoms with Crippen LogP contribution in [0.2, 0.25) is 0 Å². The zero-order valence-electron chi connectivity index (χ0n) is 12.3. The molecule has 0 aliphatic rings. The second kappa shape index (κ2) is 6.70. The maximum Gasteiger partial charge on any atom is 0.226 e. The summed E-state index contributed by atoms with van der Waals surface area (Å²) in [5.41, 5.74) is 0.864. The zero-order valence-corrected chi connectivity index (χ0v) is 13.1. The molecule has 0 spiro atoms. The number of nitrogens with zero attached hydrogens (tertiary/aromatic N) is 3. The molecule has 23 heavy (non-hydrogen) atoms. The molecular formula is C16H15N3O3S. The molecule has 0 atom stereocenters. The van der Waals surface area contributed by atoms with E-state index in [-0.39, 0.29) is 10.8 Å². The molecule has 0 bridgehead atoms. The first-order chi connectivity index (χ1) is 11.1. The maximum atomic E-state index is 12.1. The van der Waals surface area contributed by atoms with Crippen LogP contribution in [0.5, 0.6) is 0 Å². The number of aromatic nitrogens is 3. The predicted octanol–water partition coefficient (Wildman–Crippen LogP) is 2.54. The van der Waals surface area contributed by atoms with Crippen molar-refractivity contribution >= 4 is 9.84 Å². The van der Waals surface area contributed by atoms with Crippen molar-refractivity contribution in [1.29, 1.82) is 0 Å². The summed E-state index contributed by atoms with van der Waals surface area (Å²) in [6, 6.07) is 14.3. The predicted molar refractivity (Wildman–Crippen MR) is 84.3 cm³/mol. The molecule has 2 aromatic heterocycles. The topological polar surface area (TPSA) is 86.0 Å². The molecule has 0 saturated heterocycles. The summed E-state index contributed by atoms with van der Waals surface area (Å²) in [5.74, 6) is 0.931. The van der Waals surface area contributed by atoms with E-state index >= 15 is 0 Å². The molecule has 0 radical (unpaired) electrons. The highest BCUT2D eigenvalue weighted by molar-refractivity contribution is 7.91. The van der Waals surface area contributed by atoms with Crippen LogP contribution in [0.1, 0.15) is 12.3 Å². The van der Waals surface area contributed by atoms with E-state index in [9.17, 15) is 8.42 Å². The molecule has 0 amide bonds. The molecule has 1 aromatic carbocycles. The molecule has 0 unspecified atom stereocenters. The van der Waals surface area contributed by atoms with Crippen LogP contribution < -0.4 is 0 Å². The first-order valence-electron chi connectivity index (χ1n) is 7.17. The Bertz CT molecular complexity index is 862. The number of aryl methyl sites for hydroxylation is 1. The summed E-state index contributed by atoms with van der Waals surface area (Å²) in [5, 5.41) is 4.00. The summed E-state index contributed by atoms with van der Waals surface area (Å²) >= 11 is 0. The quantitative estimate of drug-likeness (QED) is 0.691. The van der Waals surface area contributed by atoms with E-state index in [0.717, 1.165) is 5.56 Å². The van der Waals surface area contributed by atoms with Crippen LogP contribution in [0, 0.1) is 0 Å². The van der Waals surface area contributed by atoms with Crippen LogP contribution in [-0.4, -0.2) is 29.3 Å². The fourth-order valence-corrected chi connectivity index (χ4v) is 3.35. The van der Waals surface area contributed by atoms with Gasteiger partial charge in [-0.1, -0.05) is 41.6 Å². The van der Waals surface area contributed by atoms with E-state index in [1.165, 1.54) is 12.3 Å². The monoisotopic (exact) mass is 329 g/mol. The van der Waals surface area contributed by atoms with Crippen molar-refractivity contribution in [1.82, 2.24) is 15.1 Å². The Morgan fingerprint density at radius 2 is 1.78 bits per heavy atom. The van der Waals surface area contributed by atoms with Crippen LogP contribution in [0.3, 0.4) is 0 Å². The molecule has 7 heteroatoms. The second-order valence-electron chi connectivity index (χ2n) is 4.97. The Morgan fingerprint density at radius 3 is 2.52 bits per heavy atom. The zero-order chi connectivity index (χ0) is 16.1. The second-order valence-corrected chi connectivity index (χ2v) is 7.02. The number of rotatable bonds is 6. The van der Waals surface area contributed by atoms with E-state index in [0.29, 0.717) is 24.6 Å². The first kappa shape index (κ1) is 15.4. The van der Waals surface area contributed by atoms with Gasteiger partial charge in [-0.15, -0.1) is 0 Å². The molecule has 118 valence electrons. The smallest absolute Gasteiger partial charge is 0.226 e. The minimum absolute atomic E-state index is 0.00688. The van der Waals surface area contributed by atoms with Gasteiger partial charge in [0.1, 0.15) is 0 Å². The standard InChI is InChI=1S/C16H15N3O3S/c20-23(21,15-10-4-5-11-17-15)12-6-9-14-18-16(19-22-14)13-7-2-1-3-8-13/h1-5,7-8,10-11H,6,9,12H2. The Morgan fingerprint density at radius 1 is 1.00 bits per heavy atom.